The topological polar surface area (TPSA) is 86.8 Å². The van der Waals surface area contributed by atoms with E-state index in [1.165, 1.54) is 4.90 Å². The van der Waals surface area contributed by atoms with E-state index >= 15 is 0 Å². The van der Waals surface area contributed by atoms with Gasteiger partial charge in [0.2, 0.25) is 21.8 Å². The number of hydrogen-bond donors (Lipinski definition) is 1. The minimum Gasteiger partial charge on any atom is -0.350 e. The van der Waals surface area contributed by atoms with Gasteiger partial charge in [0.1, 0.15) is 12.6 Å². The average Bonchev–Trinajstić information content (AvgIpc) is 2.76. The van der Waals surface area contributed by atoms with E-state index in [9.17, 15) is 18.0 Å². The Kier molecular flexibility index (Phi) is 9.71. The van der Waals surface area contributed by atoms with Crippen molar-refractivity contribution in [1.82, 2.24) is 10.2 Å². The summed E-state index contributed by atoms with van der Waals surface area (Å²) in [6.07, 6.45) is 1.48. The molecule has 0 bridgehead atoms. The summed E-state index contributed by atoms with van der Waals surface area (Å²) in [5.74, 6) is -0.407. The van der Waals surface area contributed by atoms with Crippen molar-refractivity contribution in [2.24, 2.45) is 0 Å². The molecule has 0 spiro atoms. The van der Waals surface area contributed by atoms with Crippen molar-refractivity contribution in [1.29, 1.82) is 0 Å². The number of nitrogens with zero attached hydrogens (tertiary/aromatic N) is 2. The molecule has 0 saturated heterocycles. The Balaban J connectivity index is 2.47. The minimum atomic E-state index is -3.76. The van der Waals surface area contributed by atoms with E-state index in [0.717, 1.165) is 27.3 Å². The molecule has 0 saturated carbocycles. The lowest BCUT2D eigenvalue weighted by molar-refractivity contribution is -0.141. The molecule has 2 aromatic rings. The fourth-order valence-corrected chi connectivity index (χ4v) is 4.83. The zero-order valence-corrected chi connectivity index (χ0v) is 23.6. The zero-order valence-electron chi connectivity index (χ0n) is 22.8. The Hall–Kier alpha value is -2.87. The number of benzene rings is 2. The van der Waals surface area contributed by atoms with Crippen molar-refractivity contribution in [2.75, 3.05) is 17.1 Å². The van der Waals surface area contributed by atoms with Gasteiger partial charge in [-0.2, -0.15) is 0 Å². The number of carbonyl (C=O) groups is 2. The van der Waals surface area contributed by atoms with Crippen LogP contribution in [0, 0.1) is 6.92 Å². The van der Waals surface area contributed by atoms with Crippen LogP contribution in [-0.2, 0) is 26.2 Å². The predicted molar refractivity (Wildman–Crippen MR) is 146 cm³/mol. The number of aryl methyl sites for hydroxylation is 1. The SMILES string of the molecule is CC[C@H](C(=O)NC(C)(C)C)N(Cc1ccccc1C)C(=O)CN(c1ccc(C(C)C)cc1)S(C)(=O)=O. The first-order valence-corrected chi connectivity index (χ1v) is 14.2. The third-order valence-corrected chi connectivity index (χ3v) is 7.15. The zero-order chi connectivity index (χ0) is 27.3. The van der Waals surface area contributed by atoms with Crippen LogP contribution in [0.15, 0.2) is 48.5 Å². The molecular weight excluding hydrogens is 474 g/mol. The van der Waals surface area contributed by atoms with Crippen LogP contribution in [0.25, 0.3) is 0 Å². The Morgan fingerprint density at radius 3 is 2.06 bits per heavy atom. The van der Waals surface area contributed by atoms with E-state index in [1.807, 2.05) is 71.0 Å². The summed E-state index contributed by atoms with van der Waals surface area (Å²) in [5.41, 5.74) is 2.91. The molecule has 0 aliphatic rings. The van der Waals surface area contributed by atoms with Crippen LogP contribution in [-0.4, -0.2) is 49.5 Å². The highest BCUT2D eigenvalue weighted by molar-refractivity contribution is 7.92. The van der Waals surface area contributed by atoms with Crippen LogP contribution >= 0.6 is 0 Å². The maximum absolute atomic E-state index is 13.8. The quantitative estimate of drug-likeness (QED) is 0.501. The van der Waals surface area contributed by atoms with Gasteiger partial charge in [-0.25, -0.2) is 8.42 Å². The van der Waals surface area contributed by atoms with Gasteiger partial charge < -0.3 is 10.2 Å². The minimum absolute atomic E-state index is 0.200. The Morgan fingerprint density at radius 1 is 1.00 bits per heavy atom. The number of anilines is 1. The van der Waals surface area contributed by atoms with Crippen molar-refractivity contribution in [2.45, 2.75) is 78.9 Å². The first-order valence-electron chi connectivity index (χ1n) is 12.4. The molecule has 36 heavy (non-hydrogen) atoms. The van der Waals surface area contributed by atoms with E-state index in [2.05, 4.69) is 19.2 Å². The molecule has 0 unspecified atom stereocenters. The fraction of sp³-hybridized carbons (Fsp3) is 0.500. The van der Waals surface area contributed by atoms with Crippen LogP contribution in [0.3, 0.4) is 0 Å². The Labute approximate surface area is 216 Å². The first kappa shape index (κ1) is 29.4. The summed E-state index contributed by atoms with van der Waals surface area (Å²) >= 11 is 0. The molecule has 2 amide bonds. The standard InChI is InChI=1S/C28H41N3O4S/c1-9-25(27(33)29-28(5,6)7)30(18-23-13-11-10-12-21(23)4)26(32)19-31(36(8,34)35)24-16-14-22(15-17-24)20(2)3/h10-17,20,25H,9,18-19H2,1-8H3,(H,29,33)/t25-/m1/s1. The molecule has 7 nitrogen and oxygen atoms in total. The number of amides is 2. The van der Waals surface area contributed by atoms with Crippen LogP contribution < -0.4 is 9.62 Å². The maximum Gasteiger partial charge on any atom is 0.244 e. The second kappa shape index (κ2) is 11.9. The van der Waals surface area contributed by atoms with Crippen molar-refractivity contribution in [3.8, 4) is 0 Å². The third-order valence-electron chi connectivity index (χ3n) is 6.01. The summed E-state index contributed by atoms with van der Waals surface area (Å²) in [7, 11) is -3.76. The van der Waals surface area contributed by atoms with E-state index in [4.69, 9.17) is 0 Å². The number of nitrogens with one attached hydrogen (secondary N) is 1. The molecule has 0 radical (unpaired) electrons. The molecule has 0 fully saturated rings. The number of carbonyl (C=O) groups excluding carboxylic acids is 2. The average molecular weight is 516 g/mol. The molecule has 0 aliphatic heterocycles. The summed E-state index contributed by atoms with van der Waals surface area (Å²) in [6.45, 7) is 13.4. The van der Waals surface area contributed by atoms with Crippen LogP contribution in [0.1, 0.15) is 70.6 Å². The lowest BCUT2D eigenvalue weighted by Crippen LogP contribution is -2.55. The largest absolute Gasteiger partial charge is 0.350 e. The van der Waals surface area contributed by atoms with Gasteiger partial charge in [0.15, 0.2) is 0 Å². The molecule has 2 aromatic carbocycles. The highest BCUT2D eigenvalue weighted by Crippen LogP contribution is 2.23. The van der Waals surface area contributed by atoms with Gasteiger partial charge in [0.05, 0.1) is 11.9 Å². The van der Waals surface area contributed by atoms with Crippen LogP contribution in [0.4, 0.5) is 5.69 Å². The molecule has 2 rings (SSSR count). The van der Waals surface area contributed by atoms with Crippen molar-refractivity contribution >= 4 is 27.5 Å². The second-order valence-corrected chi connectivity index (χ2v) is 12.5. The molecular formula is C28H41N3O4S. The van der Waals surface area contributed by atoms with Crippen molar-refractivity contribution in [3.05, 3.63) is 65.2 Å². The van der Waals surface area contributed by atoms with E-state index < -0.39 is 34.1 Å². The van der Waals surface area contributed by atoms with Gasteiger partial charge in [-0.15, -0.1) is 0 Å². The van der Waals surface area contributed by atoms with Gasteiger partial charge in [-0.05, 0) is 68.9 Å². The molecule has 1 atom stereocenters. The van der Waals surface area contributed by atoms with Crippen molar-refractivity contribution in [3.63, 3.8) is 0 Å². The van der Waals surface area contributed by atoms with E-state index in [1.54, 1.807) is 12.1 Å². The van der Waals surface area contributed by atoms with E-state index in [0.29, 0.717) is 18.0 Å². The number of sulfonamides is 1. The lowest BCUT2D eigenvalue weighted by Gasteiger charge is -2.34. The molecule has 0 heterocycles. The molecule has 8 heteroatoms. The van der Waals surface area contributed by atoms with Gasteiger partial charge in [0, 0.05) is 12.1 Å². The third kappa shape index (κ3) is 8.08. The fourth-order valence-electron chi connectivity index (χ4n) is 3.98. The molecule has 198 valence electrons. The van der Waals surface area contributed by atoms with Gasteiger partial charge in [-0.3, -0.25) is 13.9 Å². The van der Waals surface area contributed by atoms with Gasteiger partial charge in [0.25, 0.3) is 0 Å². The summed E-state index contributed by atoms with van der Waals surface area (Å²) in [4.78, 5) is 28.5. The highest BCUT2D eigenvalue weighted by atomic mass is 32.2. The van der Waals surface area contributed by atoms with Crippen LogP contribution in [0.2, 0.25) is 0 Å². The van der Waals surface area contributed by atoms with Gasteiger partial charge >= 0.3 is 0 Å². The Bertz CT molecular complexity index is 1150. The smallest absolute Gasteiger partial charge is 0.244 e. The summed E-state index contributed by atoms with van der Waals surface area (Å²) < 4.78 is 26.6. The summed E-state index contributed by atoms with van der Waals surface area (Å²) in [5, 5.41) is 2.97. The highest BCUT2D eigenvalue weighted by Gasteiger charge is 2.33. The molecule has 1 N–H and O–H groups in total. The maximum atomic E-state index is 13.8. The molecule has 0 aliphatic carbocycles. The number of hydrogen-bond acceptors (Lipinski definition) is 4. The number of rotatable bonds is 10. The van der Waals surface area contributed by atoms with Gasteiger partial charge in [-0.1, -0.05) is 57.2 Å². The van der Waals surface area contributed by atoms with E-state index in [-0.39, 0.29) is 12.5 Å². The predicted octanol–water partition coefficient (Wildman–Crippen LogP) is 4.61. The van der Waals surface area contributed by atoms with Crippen molar-refractivity contribution < 1.29 is 18.0 Å². The summed E-state index contributed by atoms with van der Waals surface area (Å²) in [6, 6.07) is 14.1. The normalized spacial score (nSPS) is 12.8. The first-order chi connectivity index (χ1) is 16.6. The van der Waals surface area contributed by atoms with Crippen LogP contribution in [0.5, 0.6) is 0 Å². The monoisotopic (exact) mass is 515 g/mol. The molecule has 0 aromatic heterocycles. The second-order valence-electron chi connectivity index (χ2n) is 10.6. The Morgan fingerprint density at radius 2 is 1.58 bits per heavy atom. The lowest BCUT2D eigenvalue weighted by atomic mass is 10.0.